The molecule has 0 amide bonds. The Hall–Kier alpha value is -2.07. The van der Waals surface area contributed by atoms with Crippen LogP contribution in [0, 0.1) is 25.7 Å². The van der Waals surface area contributed by atoms with E-state index in [9.17, 15) is 0 Å². The number of aliphatic imine (C=N–C) groups is 1. The summed E-state index contributed by atoms with van der Waals surface area (Å²) in [6, 6.07) is 8.26. The maximum absolute atomic E-state index is 5.68. The van der Waals surface area contributed by atoms with Gasteiger partial charge in [-0.1, -0.05) is 31.1 Å². The molecule has 4 aliphatic rings. The second-order valence-corrected chi connectivity index (χ2v) is 9.22. The van der Waals surface area contributed by atoms with Crippen molar-refractivity contribution in [3.63, 3.8) is 0 Å². The van der Waals surface area contributed by atoms with Crippen LogP contribution in [0.25, 0.3) is 0 Å². The molecule has 1 aromatic carbocycles. The summed E-state index contributed by atoms with van der Waals surface area (Å²) in [5.41, 5.74) is 4.09. The average Bonchev–Trinajstić information content (AvgIpc) is 3.29. The smallest absolute Gasteiger partial charge is 0.121 e. The minimum Gasteiger partial charge on any atom is -0.499 e. The summed E-state index contributed by atoms with van der Waals surface area (Å²) in [6.45, 7) is 6.48. The van der Waals surface area contributed by atoms with Crippen molar-refractivity contribution in [1.29, 1.82) is 0 Å². The van der Waals surface area contributed by atoms with Crippen molar-refractivity contribution in [1.82, 2.24) is 4.90 Å². The number of nitrogens with zero attached hydrogens (tertiary/aromatic N) is 3. The van der Waals surface area contributed by atoms with E-state index in [-0.39, 0.29) is 6.04 Å². The average molecular weight is 392 g/mol. The van der Waals surface area contributed by atoms with Gasteiger partial charge in [0.15, 0.2) is 0 Å². The van der Waals surface area contributed by atoms with E-state index in [0.29, 0.717) is 23.9 Å². The van der Waals surface area contributed by atoms with Gasteiger partial charge in [0.25, 0.3) is 0 Å². The lowest BCUT2D eigenvalue weighted by molar-refractivity contribution is 0.0459. The summed E-state index contributed by atoms with van der Waals surface area (Å²) in [5, 5.41) is 0. The van der Waals surface area contributed by atoms with E-state index in [1.165, 1.54) is 42.5 Å². The predicted molar refractivity (Wildman–Crippen MR) is 120 cm³/mol. The quantitative estimate of drug-likeness (QED) is 0.760. The third kappa shape index (κ3) is 3.31. The third-order valence-electron chi connectivity index (χ3n) is 7.55. The third-order valence-corrected chi connectivity index (χ3v) is 7.55. The number of methoxy groups -OCH3 is 1. The molecule has 4 heteroatoms. The van der Waals surface area contributed by atoms with Crippen LogP contribution in [-0.2, 0) is 4.74 Å². The zero-order chi connectivity index (χ0) is 20.0. The highest BCUT2D eigenvalue weighted by molar-refractivity contribution is 5.67. The fourth-order valence-electron chi connectivity index (χ4n) is 5.84. The minimum absolute atomic E-state index is 0.142. The van der Waals surface area contributed by atoms with E-state index in [1.54, 1.807) is 7.11 Å². The number of allylic oxidation sites excluding steroid dienone is 2. The molecule has 5 rings (SSSR count). The van der Waals surface area contributed by atoms with Gasteiger partial charge in [0.1, 0.15) is 11.8 Å². The van der Waals surface area contributed by atoms with Crippen molar-refractivity contribution in [2.75, 3.05) is 25.2 Å². The SMILES string of the molecule is COC1=CC=CC2C1N=CC1CN(c3ccc(C)c(C)c3)CN(C3CCCC3)C12. The van der Waals surface area contributed by atoms with Gasteiger partial charge in [0, 0.05) is 42.4 Å². The normalized spacial score (nSPS) is 32.1. The molecule has 4 atom stereocenters. The van der Waals surface area contributed by atoms with Gasteiger partial charge in [0.05, 0.1) is 13.8 Å². The molecule has 29 heavy (non-hydrogen) atoms. The monoisotopic (exact) mass is 391 g/mol. The van der Waals surface area contributed by atoms with Gasteiger partial charge in [-0.3, -0.25) is 9.89 Å². The second-order valence-electron chi connectivity index (χ2n) is 9.22. The summed E-state index contributed by atoms with van der Waals surface area (Å²) < 4.78 is 5.68. The Balaban J connectivity index is 1.49. The molecule has 0 radical (unpaired) electrons. The molecule has 4 nitrogen and oxygen atoms in total. The van der Waals surface area contributed by atoms with E-state index in [2.05, 4.69) is 66.3 Å². The maximum Gasteiger partial charge on any atom is 0.121 e. The molecule has 0 N–H and O–H groups in total. The lowest BCUT2D eigenvalue weighted by Crippen LogP contribution is -2.64. The summed E-state index contributed by atoms with van der Waals surface area (Å²) >= 11 is 0. The van der Waals surface area contributed by atoms with E-state index in [1.807, 2.05) is 0 Å². The molecule has 4 unspecified atom stereocenters. The highest BCUT2D eigenvalue weighted by atomic mass is 16.5. The van der Waals surface area contributed by atoms with Crippen LogP contribution in [0.5, 0.6) is 0 Å². The first-order valence-electron chi connectivity index (χ1n) is 11.2. The first-order chi connectivity index (χ1) is 14.2. The molecule has 1 saturated heterocycles. The molecular formula is C25H33N3O. The van der Waals surface area contributed by atoms with E-state index in [4.69, 9.17) is 9.73 Å². The van der Waals surface area contributed by atoms with Crippen molar-refractivity contribution < 1.29 is 4.74 Å². The topological polar surface area (TPSA) is 28.1 Å². The van der Waals surface area contributed by atoms with E-state index < -0.39 is 0 Å². The molecule has 0 spiro atoms. The molecule has 0 bridgehead atoms. The zero-order valence-electron chi connectivity index (χ0n) is 17.9. The first kappa shape index (κ1) is 18.9. The van der Waals surface area contributed by atoms with Crippen molar-refractivity contribution in [3.8, 4) is 0 Å². The Labute approximate surface area is 174 Å². The van der Waals surface area contributed by atoms with Gasteiger partial charge in [0.2, 0.25) is 0 Å². The van der Waals surface area contributed by atoms with Crippen LogP contribution in [0.2, 0.25) is 0 Å². The number of ether oxygens (including phenoxy) is 1. The zero-order valence-corrected chi connectivity index (χ0v) is 17.9. The van der Waals surface area contributed by atoms with Crippen molar-refractivity contribution >= 4 is 11.9 Å². The number of anilines is 1. The van der Waals surface area contributed by atoms with Crippen LogP contribution >= 0.6 is 0 Å². The molecule has 0 aromatic heterocycles. The van der Waals surface area contributed by atoms with Crippen LogP contribution in [-0.4, -0.2) is 49.6 Å². The Morgan fingerprint density at radius 2 is 1.93 bits per heavy atom. The summed E-state index contributed by atoms with van der Waals surface area (Å²) in [6.07, 6.45) is 14.3. The number of aryl methyl sites for hydroxylation is 2. The highest BCUT2D eigenvalue weighted by Gasteiger charge is 2.47. The van der Waals surface area contributed by atoms with Gasteiger partial charge in [-0.05, 0) is 56.0 Å². The minimum atomic E-state index is 0.142. The van der Waals surface area contributed by atoms with Crippen LogP contribution < -0.4 is 4.90 Å². The summed E-state index contributed by atoms with van der Waals surface area (Å²) in [4.78, 5) is 10.4. The number of hydrogen-bond acceptors (Lipinski definition) is 4. The fraction of sp³-hybridized carbons (Fsp3) is 0.560. The standard InChI is InChI=1S/C25H33N3O/c1-17-11-12-21(13-18(17)2)27-15-19-14-26-24-22(9-6-10-23(24)29-3)25(19)28(16-27)20-7-4-5-8-20/h6,9-14,19-20,22,24-25H,4-5,7-8,15-16H2,1-3H3. The number of benzene rings is 1. The second kappa shape index (κ2) is 7.64. The Morgan fingerprint density at radius 3 is 2.69 bits per heavy atom. The molecule has 1 saturated carbocycles. The van der Waals surface area contributed by atoms with Gasteiger partial charge in [-0.2, -0.15) is 0 Å². The molecule has 2 heterocycles. The number of fused-ring (bicyclic) bond motifs is 3. The molecule has 2 aliphatic carbocycles. The van der Waals surface area contributed by atoms with E-state index in [0.717, 1.165) is 19.0 Å². The predicted octanol–water partition coefficient (Wildman–Crippen LogP) is 4.48. The van der Waals surface area contributed by atoms with Crippen molar-refractivity contribution in [2.24, 2.45) is 16.8 Å². The van der Waals surface area contributed by atoms with Gasteiger partial charge in [-0.15, -0.1) is 0 Å². The number of hydrogen-bond donors (Lipinski definition) is 0. The Kier molecular flexibility index (Phi) is 4.99. The van der Waals surface area contributed by atoms with Crippen LogP contribution in [0.1, 0.15) is 36.8 Å². The Bertz CT molecular complexity index is 852. The summed E-state index contributed by atoms with van der Waals surface area (Å²) in [7, 11) is 1.78. The van der Waals surface area contributed by atoms with Crippen LogP contribution in [0.3, 0.4) is 0 Å². The molecule has 1 aromatic rings. The van der Waals surface area contributed by atoms with Crippen LogP contribution in [0.4, 0.5) is 5.69 Å². The van der Waals surface area contributed by atoms with E-state index >= 15 is 0 Å². The molecule has 154 valence electrons. The van der Waals surface area contributed by atoms with Crippen molar-refractivity contribution in [2.45, 2.75) is 57.7 Å². The van der Waals surface area contributed by atoms with Gasteiger partial charge < -0.3 is 9.64 Å². The Morgan fingerprint density at radius 1 is 1.10 bits per heavy atom. The fourth-order valence-corrected chi connectivity index (χ4v) is 5.84. The van der Waals surface area contributed by atoms with Gasteiger partial charge in [-0.25, -0.2) is 0 Å². The highest BCUT2D eigenvalue weighted by Crippen LogP contribution is 2.41. The summed E-state index contributed by atoms with van der Waals surface area (Å²) in [5.74, 6) is 1.87. The largest absolute Gasteiger partial charge is 0.499 e. The lowest BCUT2D eigenvalue weighted by Gasteiger charge is -2.53. The van der Waals surface area contributed by atoms with Gasteiger partial charge >= 0.3 is 0 Å². The first-order valence-corrected chi connectivity index (χ1v) is 11.2. The molecule has 2 aliphatic heterocycles. The molecular weight excluding hydrogens is 358 g/mol. The number of rotatable bonds is 3. The maximum atomic E-state index is 5.68. The van der Waals surface area contributed by atoms with Crippen LogP contribution in [0.15, 0.2) is 47.2 Å². The lowest BCUT2D eigenvalue weighted by atomic mass is 9.76. The van der Waals surface area contributed by atoms with Crippen molar-refractivity contribution in [3.05, 3.63) is 53.3 Å². The molecule has 2 fully saturated rings.